The normalized spacial score (nSPS) is 12.8. The molecule has 0 amide bonds. The fraction of sp³-hybridized carbons (Fsp3) is 0.579. The number of aryl methyl sites for hydroxylation is 1. The molecular weight excluding hydrogens is 368 g/mol. The summed E-state index contributed by atoms with van der Waals surface area (Å²) in [6.07, 6.45) is 2.80. The summed E-state index contributed by atoms with van der Waals surface area (Å²) in [6, 6.07) is 3.38. The van der Waals surface area contributed by atoms with Crippen LogP contribution in [-0.2, 0) is 20.7 Å². The number of hydrogen-bond acceptors (Lipinski definition) is 7. The highest BCUT2D eigenvalue weighted by molar-refractivity contribution is 6.02. The summed E-state index contributed by atoms with van der Waals surface area (Å²) in [7, 11) is 0. The Hall–Kier alpha value is -2.84. The number of nitro benzene ring substituents is 2. The molecule has 28 heavy (non-hydrogen) atoms. The lowest BCUT2D eigenvalue weighted by molar-refractivity contribution is -0.394. The summed E-state index contributed by atoms with van der Waals surface area (Å²) in [5.41, 5.74) is -1.92. The molecule has 0 saturated carbocycles. The van der Waals surface area contributed by atoms with Crippen LogP contribution in [-0.4, -0.2) is 28.2 Å². The van der Waals surface area contributed by atoms with Crippen LogP contribution < -0.4 is 0 Å². The number of carbonyl (C=O) groups excluding carboxylic acids is 2. The van der Waals surface area contributed by atoms with Crippen LogP contribution in [0.3, 0.4) is 0 Å². The van der Waals surface area contributed by atoms with Gasteiger partial charge in [0.05, 0.1) is 22.5 Å². The van der Waals surface area contributed by atoms with Gasteiger partial charge >= 0.3 is 5.97 Å². The van der Waals surface area contributed by atoms with Gasteiger partial charge in [0.15, 0.2) is 0 Å². The third-order valence-electron chi connectivity index (χ3n) is 4.84. The van der Waals surface area contributed by atoms with Crippen LogP contribution in [0, 0.1) is 25.6 Å². The van der Waals surface area contributed by atoms with Gasteiger partial charge in [0.2, 0.25) is 0 Å². The van der Waals surface area contributed by atoms with Crippen molar-refractivity contribution in [3.8, 4) is 0 Å². The van der Waals surface area contributed by atoms with Crippen molar-refractivity contribution in [1.29, 1.82) is 0 Å². The van der Waals surface area contributed by atoms with E-state index in [1.54, 1.807) is 6.92 Å². The SMILES string of the molecule is CCCCC[C@@](CCc1ccc([N+](=O)[O-])cc1[N+](=O)[O-])(C(C)=O)C(=O)OCC. The Balaban J connectivity index is 3.22. The van der Waals surface area contributed by atoms with Crippen molar-refractivity contribution in [2.75, 3.05) is 6.61 Å². The predicted molar refractivity (Wildman–Crippen MR) is 102 cm³/mol. The molecule has 0 bridgehead atoms. The van der Waals surface area contributed by atoms with Crippen LogP contribution in [0.4, 0.5) is 11.4 Å². The molecule has 0 spiro atoms. The Morgan fingerprint density at radius 3 is 2.25 bits per heavy atom. The van der Waals surface area contributed by atoms with Gasteiger partial charge in [-0.15, -0.1) is 0 Å². The van der Waals surface area contributed by atoms with E-state index in [0.717, 1.165) is 18.9 Å². The zero-order valence-corrected chi connectivity index (χ0v) is 16.4. The van der Waals surface area contributed by atoms with Gasteiger partial charge in [-0.3, -0.25) is 29.8 Å². The molecule has 0 heterocycles. The molecule has 0 saturated heterocycles. The fourth-order valence-electron chi connectivity index (χ4n) is 3.17. The second kappa shape index (κ2) is 10.5. The highest BCUT2D eigenvalue weighted by Crippen LogP contribution is 2.36. The molecule has 154 valence electrons. The number of non-ortho nitro benzene ring substituents is 1. The summed E-state index contributed by atoms with van der Waals surface area (Å²) in [5.74, 6) is -0.963. The van der Waals surface area contributed by atoms with Gasteiger partial charge in [-0.25, -0.2) is 0 Å². The van der Waals surface area contributed by atoms with E-state index in [4.69, 9.17) is 4.74 Å². The van der Waals surface area contributed by atoms with E-state index >= 15 is 0 Å². The average Bonchev–Trinajstić information content (AvgIpc) is 2.64. The van der Waals surface area contributed by atoms with Crippen molar-refractivity contribution < 1.29 is 24.2 Å². The van der Waals surface area contributed by atoms with Crippen molar-refractivity contribution in [3.63, 3.8) is 0 Å². The van der Waals surface area contributed by atoms with Crippen molar-refractivity contribution in [1.82, 2.24) is 0 Å². The maximum Gasteiger partial charge on any atom is 0.319 e. The van der Waals surface area contributed by atoms with Gasteiger partial charge in [-0.1, -0.05) is 26.2 Å². The molecule has 0 radical (unpaired) electrons. The van der Waals surface area contributed by atoms with Crippen LogP contribution >= 0.6 is 0 Å². The zero-order valence-electron chi connectivity index (χ0n) is 16.4. The second-order valence-electron chi connectivity index (χ2n) is 6.64. The number of nitrogens with zero attached hydrogens (tertiary/aromatic N) is 2. The van der Waals surface area contributed by atoms with Crippen molar-refractivity contribution in [3.05, 3.63) is 44.0 Å². The number of nitro groups is 2. The number of esters is 1. The molecule has 0 aliphatic rings. The summed E-state index contributed by atoms with van der Waals surface area (Å²) >= 11 is 0. The van der Waals surface area contributed by atoms with E-state index in [9.17, 15) is 29.8 Å². The van der Waals surface area contributed by atoms with Crippen molar-refractivity contribution in [2.45, 2.75) is 59.3 Å². The molecule has 1 aromatic rings. The number of ether oxygens (including phenoxy) is 1. The van der Waals surface area contributed by atoms with Gasteiger partial charge < -0.3 is 4.74 Å². The molecule has 1 atom stereocenters. The minimum Gasteiger partial charge on any atom is -0.465 e. The monoisotopic (exact) mass is 394 g/mol. The van der Waals surface area contributed by atoms with Gasteiger partial charge in [-0.2, -0.15) is 0 Å². The van der Waals surface area contributed by atoms with E-state index in [1.807, 2.05) is 6.92 Å². The van der Waals surface area contributed by atoms with E-state index in [-0.39, 0.29) is 36.5 Å². The maximum atomic E-state index is 12.6. The van der Waals surface area contributed by atoms with Crippen LogP contribution in [0.2, 0.25) is 0 Å². The smallest absolute Gasteiger partial charge is 0.319 e. The molecule has 9 heteroatoms. The fourth-order valence-corrected chi connectivity index (χ4v) is 3.17. The summed E-state index contributed by atoms with van der Waals surface area (Å²) < 4.78 is 5.13. The average molecular weight is 394 g/mol. The molecular formula is C19H26N2O7. The quantitative estimate of drug-likeness (QED) is 0.171. The zero-order chi connectivity index (χ0) is 21.3. The van der Waals surface area contributed by atoms with E-state index in [1.165, 1.54) is 19.1 Å². The number of hydrogen-bond donors (Lipinski definition) is 0. The highest BCUT2D eigenvalue weighted by atomic mass is 16.6. The van der Waals surface area contributed by atoms with Gasteiger partial charge in [0.25, 0.3) is 11.4 Å². The number of Topliss-reactive ketones (excluding diaryl/α,β-unsaturated/α-hetero) is 1. The highest BCUT2D eigenvalue weighted by Gasteiger charge is 2.44. The summed E-state index contributed by atoms with van der Waals surface area (Å²) in [4.78, 5) is 45.9. The summed E-state index contributed by atoms with van der Waals surface area (Å²) in [5, 5.41) is 22.2. The molecule has 0 fully saturated rings. The minimum atomic E-state index is -1.37. The van der Waals surface area contributed by atoms with Crippen LogP contribution in [0.25, 0.3) is 0 Å². The lowest BCUT2D eigenvalue weighted by Gasteiger charge is -2.29. The van der Waals surface area contributed by atoms with E-state index in [2.05, 4.69) is 0 Å². The second-order valence-corrected chi connectivity index (χ2v) is 6.64. The minimum absolute atomic E-state index is 0.0452. The number of carbonyl (C=O) groups is 2. The van der Waals surface area contributed by atoms with Crippen LogP contribution in [0.1, 0.15) is 58.4 Å². The molecule has 1 rings (SSSR count). The van der Waals surface area contributed by atoms with Crippen LogP contribution in [0.15, 0.2) is 18.2 Å². The first-order valence-electron chi connectivity index (χ1n) is 9.29. The molecule has 0 aliphatic carbocycles. The molecule has 0 N–H and O–H groups in total. The summed E-state index contributed by atoms with van der Waals surface area (Å²) in [6.45, 7) is 5.10. The van der Waals surface area contributed by atoms with Gasteiger partial charge in [0.1, 0.15) is 11.2 Å². The first-order valence-corrected chi connectivity index (χ1v) is 9.29. The number of benzene rings is 1. The number of unbranched alkanes of at least 4 members (excludes halogenated alkanes) is 2. The first kappa shape index (κ1) is 23.2. The standard InChI is InChI=1S/C19H26N2O7/c1-4-6-7-11-19(14(3)22,18(23)28-5-2)12-10-15-8-9-16(20(24)25)13-17(15)21(26)27/h8-9,13H,4-7,10-12H2,1-3H3/t19-/m1/s1. The predicted octanol–water partition coefficient (Wildman–Crippen LogP) is 4.15. The number of rotatable bonds is 12. The van der Waals surface area contributed by atoms with Gasteiger partial charge in [-0.05, 0) is 39.2 Å². The van der Waals surface area contributed by atoms with Crippen LogP contribution in [0.5, 0.6) is 0 Å². The van der Waals surface area contributed by atoms with E-state index in [0.29, 0.717) is 12.8 Å². The lowest BCUT2D eigenvalue weighted by Crippen LogP contribution is -2.40. The molecule has 0 unspecified atom stereocenters. The largest absolute Gasteiger partial charge is 0.465 e. The Bertz CT molecular complexity index is 748. The lowest BCUT2D eigenvalue weighted by atomic mass is 9.74. The Kier molecular flexibility index (Phi) is 8.69. The molecule has 9 nitrogen and oxygen atoms in total. The van der Waals surface area contributed by atoms with E-state index < -0.39 is 26.9 Å². The third kappa shape index (κ3) is 5.58. The van der Waals surface area contributed by atoms with Gasteiger partial charge in [0, 0.05) is 11.6 Å². The Morgan fingerprint density at radius 2 is 1.75 bits per heavy atom. The van der Waals surface area contributed by atoms with Crippen molar-refractivity contribution >= 4 is 23.1 Å². The molecule has 0 aliphatic heterocycles. The Labute approximate surface area is 163 Å². The van der Waals surface area contributed by atoms with Crippen molar-refractivity contribution in [2.24, 2.45) is 5.41 Å². The number of ketones is 1. The Morgan fingerprint density at radius 1 is 1.07 bits per heavy atom. The molecule has 1 aromatic carbocycles. The maximum absolute atomic E-state index is 12.6. The molecule has 0 aromatic heterocycles. The third-order valence-corrected chi connectivity index (χ3v) is 4.84. The first-order chi connectivity index (χ1) is 13.2. The topological polar surface area (TPSA) is 130 Å².